The van der Waals surface area contributed by atoms with Crippen LogP contribution in [0.15, 0.2) is 18.2 Å². The van der Waals surface area contributed by atoms with Gasteiger partial charge in [0.05, 0.1) is 6.54 Å². The molecule has 7 amide bonds. The quantitative estimate of drug-likeness (QED) is 0.184. The Morgan fingerprint density at radius 1 is 1.10 bits per heavy atom. The zero-order valence-electron chi connectivity index (χ0n) is 34.8. The second-order valence-corrected chi connectivity index (χ2v) is 18.1. The Balaban J connectivity index is 1.95. The molecular weight excluding hydrogens is 933 g/mol. The molecule has 2 fully saturated rings. The average Bonchev–Trinajstić information content (AvgIpc) is 3.54. The summed E-state index contributed by atoms with van der Waals surface area (Å²) in [6.07, 6.45) is -7.31. The topological polar surface area (TPSA) is 198 Å². The summed E-state index contributed by atoms with van der Waals surface area (Å²) in [5.41, 5.74) is -4.68. The van der Waals surface area contributed by atoms with Gasteiger partial charge in [-0.15, -0.1) is 0 Å². The van der Waals surface area contributed by atoms with Crippen molar-refractivity contribution in [3.05, 3.63) is 32.4 Å². The van der Waals surface area contributed by atoms with Gasteiger partial charge in [-0.2, -0.15) is 13.2 Å². The van der Waals surface area contributed by atoms with Gasteiger partial charge in [-0.3, -0.25) is 33.6 Å². The predicted octanol–water partition coefficient (Wildman–Crippen LogP) is 2.62. The van der Waals surface area contributed by atoms with Crippen LogP contribution in [0.5, 0.6) is 0 Å². The van der Waals surface area contributed by atoms with Crippen LogP contribution in [0.25, 0.3) is 0 Å². The molecule has 1 aromatic carbocycles. The van der Waals surface area contributed by atoms with E-state index in [2.05, 4.69) is 43.9 Å². The molecule has 15 nitrogen and oxygen atoms in total. The van der Waals surface area contributed by atoms with E-state index in [1.165, 1.54) is 39.8 Å². The van der Waals surface area contributed by atoms with Crippen LogP contribution in [0, 0.1) is 9.49 Å². The first-order valence-corrected chi connectivity index (χ1v) is 21.0. The van der Waals surface area contributed by atoms with Crippen molar-refractivity contribution < 1.29 is 56.2 Å². The SMILES string of the molecule is CC(C)C[C@@H]1NC(=O)[C@@H](N(C)C(=O)[C@H](C)NC(=O)[C@@H]2C[C@@H](F)CN2C(=O)[C@@](C)(O)C(F)(F)F)CCCCNC(=O)C(C)(C)NC(=O)[C@H](Cc2cc(Cl)ccc2I)N(C)C1=O. The summed E-state index contributed by atoms with van der Waals surface area (Å²) in [5.74, 6) is -6.63. The van der Waals surface area contributed by atoms with Gasteiger partial charge in [0.15, 0.2) is 0 Å². The second-order valence-electron chi connectivity index (χ2n) is 16.5. The minimum Gasteiger partial charge on any atom is -0.373 e. The van der Waals surface area contributed by atoms with E-state index < -0.39 is 108 Å². The number of halogens is 6. The molecular formula is C39H55ClF4IN7O8. The molecule has 0 bridgehead atoms. The number of likely N-dealkylation sites (N-methyl/N-ethyl adjacent to an activating group) is 2. The number of rotatable bonds is 9. The normalized spacial score (nSPS) is 25.2. The summed E-state index contributed by atoms with van der Waals surface area (Å²) in [7, 11) is 2.69. The van der Waals surface area contributed by atoms with E-state index in [0.717, 1.165) is 8.47 Å². The maximum Gasteiger partial charge on any atom is 0.426 e. The van der Waals surface area contributed by atoms with Gasteiger partial charge in [0.2, 0.25) is 41.0 Å². The number of alkyl halides is 4. The molecule has 0 saturated carbocycles. The first-order chi connectivity index (χ1) is 27.6. The zero-order chi connectivity index (χ0) is 45.7. The molecule has 60 heavy (non-hydrogen) atoms. The molecule has 0 radical (unpaired) electrons. The van der Waals surface area contributed by atoms with Crippen LogP contribution in [0.1, 0.15) is 79.2 Å². The first-order valence-electron chi connectivity index (χ1n) is 19.5. The van der Waals surface area contributed by atoms with Crippen molar-refractivity contribution in [2.75, 3.05) is 27.2 Å². The van der Waals surface area contributed by atoms with Gasteiger partial charge in [-0.25, -0.2) is 4.39 Å². The highest BCUT2D eigenvalue weighted by molar-refractivity contribution is 14.1. The smallest absolute Gasteiger partial charge is 0.373 e. The number of benzene rings is 1. The van der Waals surface area contributed by atoms with Crippen LogP contribution >= 0.6 is 34.2 Å². The Hall–Kier alpha value is -3.79. The van der Waals surface area contributed by atoms with E-state index in [0.29, 0.717) is 17.0 Å². The van der Waals surface area contributed by atoms with Crippen molar-refractivity contribution in [3.63, 3.8) is 0 Å². The summed E-state index contributed by atoms with van der Waals surface area (Å²) in [6, 6.07) is -1.79. The lowest BCUT2D eigenvalue weighted by Gasteiger charge is -2.36. The molecule has 5 N–H and O–H groups in total. The number of carbonyl (C=O) groups is 7. The molecule has 0 aromatic heterocycles. The van der Waals surface area contributed by atoms with Gasteiger partial charge in [-0.05, 0) is 106 Å². The number of carbonyl (C=O) groups excluding carboxylic acids is 7. The highest BCUT2D eigenvalue weighted by atomic mass is 127. The van der Waals surface area contributed by atoms with Gasteiger partial charge >= 0.3 is 6.18 Å². The number of amides is 7. The Morgan fingerprint density at radius 2 is 1.73 bits per heavy atom. The van der Waals surface area contributed by atoms with Crippen molar-refractivity contribution in [1.82, 2.24) is 36.0 Å². The number of nitrogens with one attached hydrogen (secondary N) is 4. The largest absolute Gasteiger partial charge is 0.426 e. The molecule has 2 aliphatic heterocycles. The fourth-order valence-electron chi connectivity index (χ4n) is 7.00. The Morgan fingerprint density at radius 3 is 2.33 bits per heavy atom. The van der Waals surface area contributed by atoms with Crippen molar-refractivity contribution in [3.8, 4) is 0 Å². The van der Waals surface area contributed by atoms with E-state index >= 15 is 0 Å². The molecule has 0 spiro atoms. The van der Waals surface area contributed by atoms with Crippen LogP contribution in [-0.2, 0) is 40.0 Å². The van der Waals surface area contributed by atoms with E-state index in [4.69, 9.17) is 11.6 Å². The highest BCUT2D eigenvalue weighted by Gasteiger charge is 2.59. The minimum absolute atomic E-state index is 0.00314. The van der Waals surface area contributed by atoms with Crippen molar-refractivity contribution in [2.45, 2.75) is 134 Å². The fourth-order valence-corrected chi connectivity index (χ4v) is 7.75. The predicted molar refractivity (Wildman–Crippen MR) is 221 cm³/mol. The molecule has 336 valence electrons. The lowest BCUT2D eigenvalue weighted by Crippen LogP contribution is -2.62. The number of aliphatic hydroxyl groups is 1. The molecule has 7 atom stereocenters. The van der Waals surface area contributed by atoms with Crippen LogP contribution in [0.4, 0.5) is 17.6 Å². The Kier molecular flexibility index (Phi) is 17.2. The first kappa shape index (κ1) is 50.6. The second kappa shape index (κ2) is 20.4. The molecule has 0 aliphatic carbocycles. The van der Waals surface area contributed by atoms with Crippen LogP contribution < -0.4 is 21.3 Å². The Bertz CT molecular complexity index is 1800. The van der Waals surface area contributed by atoms with Crippen molar-refractivity contribution >= 4 is 75.5 Å². The molecule has 2 heterocycles. The van der Waals surface area contributed by atoms with Gasteiger partial charge in [-0.1, -0.05) is 25.4 Å². The fraction of sp³-hybridized carbons (Fsp3) is 0.667. The minimum atomic E-state index is -5.43. The maximum atomic E-state index is 14.5. The zero-order valence-corrected chi connectivity index (χ0v) is 37.8. The maximum absolute atomic E-state index is 14.5. The van der Waals surface area contributed by atoms with E-state index in [9.17, 15) is 56.2 Å². The summed E-state index contributed by atoms with van der Waals surface area (Å²) in [4.78, 5) is 98.4. The van der Waals surface area contributed by atoms with Gasteiger partial charge in [0.1, 0.15) is 41.9 Å². The standard InChI is InChI=1S/C39H55ClF4IN7O8/c1-20(2)15-26-34(57)51(8)28(17-22-16-23(40)12-13-25(22)45)32(55)49-37(4,5)35(58)46-14-10-9-11-27(30(53)48-26)50(7)33(56)21(3)47-31(54)29-18-24(41)19-52(29)36(59)38(6,60)39(42,43)44/h12-13,16,20-21,24,26-29,60H,9-11,14-15,17-19H2,1-8H3,(H,46,58)(H,47,54)(H,48,53)(H,49,55)/t21-,24+,26-,27-,28-,29-,38+/m0/s1. The van der Waals surface area contributed by atoms with E-state index in [1.54, 1.807) is 18.2 Å². The van der Waals surface area contributed by atoms with Gasteiger partial charge in [0, 0.05) is 42.1 Å². The molecule has 21 heteroatoms. The third-order valence-corrected chi connectivity index (χ3v) is 12.0. The Labute approximate surface area is 365 Å². The lowest BCUT2D eigenvalue weighted by molar-refractivity contribution is -0.250. The highest BCUT2D eigenvalue weighted by Crippen LogP contribution is 2.34. The van der Waals surface area contributed by atoms with Gasteiger partial charge in [0.25, 0.3) is 5.91 Å². The molecule has 0 unspecified atom stereocenters. The third-order valence-electron chi connectivity index (χ3n) is 10.7. The lowest BCUT2D eigenvalue weighted by atomic mass is 9.97. The number of likely N-dealkylation sites (tertiary alicyclic amines) is 1. The van der Waals surface area contributed by atoms with E-state index in [-0.39, 0.29) is 50.0 Å². The van der Waals surface area contributed by atoms with Crippen molar-refractivity contribution in [1.29, 1.82) is 0 Å². The van der Waals surface area contributed by atoms with Crippen LogP contribution in [-0.4, -0.2) is 142 Å². The molecule has 2 saturated heterocycles. The number of hydrogen-bond donors (Lipinski definition) is 5. The van der Waals surface area contributed by atoms with Crippen LogP contribution in [0.3, 0.4) is 0 Å². The molecule has 1 aromatic rings. The summed E-state index contributed by atoms with van der Waals surface area (Å²) in [6.45, 7) is 7.34. The van der Waals surface area contributed by atoms with Crippen LogP contribution in [0.2, 0.25) is 5.02 Å². The monoisotopic (exact) mass is 987 g/mol. The third kappa shape index (κ3) is 12.4. The number of nitrogens with zero attached hydrogens (tertiary/aromatic N) is 3. The summed E-state index contributed by atoms with van der Waals surface area (Å²) >= 11 is 8.37. The summed E-state index contributed by atoms with van der Waals surface area (Å²) < 4.78 is 55.7. The summed E-state index contributed by atoms with van der Waals surface area (Å²) in [5, 5.41) is 21.0. The number of hydrogen-bond acceptors (Lipinski definition) is 8. The van der Waals surface area contributed by atoms with Gasteiger partial charge < -0.3 is 41.1 Å². The van der Waals surface area contributed by atoms with Crippen molar-refractivity contribution in [2.24, 2.45) is 5.92 Å². The molecule has 3 rings (SSSR count). The average molecular weight is 988 g/mol. The molecule has 2 aliphatic rings. The van der Waals surface area contributed by atoms with E-state index in [1.807, 2.05) is 13.8 Å².